The number of rotatable bonds is 3. The van der Waals surface area contributed by atoms with Crippen molar-refractivity contribution in [2.24, 2.45) is 0 Å². The molecular formula is C21H27N3O2S2. The monoisotopic (exact) mass is 417 g/mol. The number of methoxy groups -OCH3 is 1. The minimum Gasteiger partial charge on any atom is -0.465 e. The third-order valence-electron chi connectivity index (χ3n) is 5.48. The second-order valence-corrected chi connectivity index (χ2v) is 8.71. The Morgan fingerprint density at radius 3 is 2.43 bits per heavy atom. The van der Waals surface area contributed by atoms with Crippen molar-refractivity contribution >= 4 is 45.3 Å². The molecule has 0 spiro atoms. The van der Waals surface area contributed by atoms with Crippen LogP contribution in [0.25, 0.3) is 0 Å². The maximum atomic E-state index is 12.2. The van der Waals surface area contributed by atoms with Crippen LogP contribution in [0.5, 0.6) is 0 Å². The number of nitrogens with zero attached hydrogens (tertiary/aromatic N) is 2. The molecular weight excluding hydrogens is 390 g/mol. The molecule has 0 unspecified atom stereocenters. The predicted molar refractivity (Wildman–Crippen MR) is 121 cm³/mol. The van der Waals surface area contributed by atoms with Crippen molar-refractivity contribution in [3.8, 4) is 0 Å². The second-order valence-electron chi connectivity index (χ2n) is 7.10. The number of esters is 1. The number of nitrogens with one attached hydrogen (secondary N) is 1. The second kappa shape index (κ2) is 8.49. The number of benzene rings is 1. The van der Waals surface area contributed by atoms with Crippen molar-refractivity contribution in [1.82, 2.24) is 4.90 Å². The maximum absolute atomic E-state index is 12.2. The number of aryl methyl sites for hydroxylation is 2. The summed E-state index contributed by atoms with van der Waals surface area (Å²) in [6.45, 7) is 11.8. The molecule has 7 heteroatoms. The van der Waals surface area contributed by atoms with E-state index in [0.717, 1.165) is 41.6 Å². The molecule has 1 aliphatic rings. The van der Waals surface area contributed by atoms with Gasteiger partial charge in [-0.3, -0.25) is 0 Å². The normalized spacial score (nSPS) is 14.2. The summed E-state index contributed by atoms with van der Waals surface area (Å²) in [5.41, 5.74) is 5.49. The zero-order chi connectivity index (χ0) is 20.4. The fourth-order valence-corrected chi connectivity index (χ4v) is 4.86. The minimum absolute atomic E-state index is 0.327. The van der Waals surface area contributed by atoms with E-state index in [9.17, 15) is 4.79 Å². The van der Waals surface area contributed by atoms with E-state index in [2.05, 4.69) is 47.2 Å². The van der Waals surface area contributed by atoms with Crippen LogP contribution in [-0.4, -0.2) is 49.3 Å². The first-order chi connectivity index (χ1) is 13.3. The van der Waals surface area contributed by atoms with Crippen LogP contribution in [-0.2, 0) is 4.74 Å². The zero-order valence-electron chi connectivity index (χ0n) is 17.1. The van der Waals surface area contributed by atoms with Crippen LogP contribution in [0.2, 0.25) is 0 Å². The quantitative estimate of drug-likeness (QED) is 0.594. The van der Waals surface area contributed by atoms with Crippen LogP contribution in [0.3, 0.4) is 0 Å². The molecule has 1 N–H and O–H groups in total. The molecule has 0 bridgehead atoms. The van der Waals surface area contributed by atoms with Gasteiger partial charge >= 0.3 is 5.97 Å². The van der Waals surface area contributed by atoms with Gasteiger partial charge in [-0.25, -0.2) is 4.79 Å². The molecule has 2 aromatic rings. The lowest BCUT2D eigenvalue weighted by Gasteiger charge is -2.38. The first kappa shape index (κ1) is 20.6. The van der Waals surface area contributed by atoms with Crippen molar-refractivity contribution < 1.29 is 9.53 Å². The minimum atomic E-state index is -0.327. The Morgan fingerprint density at radius 1 is 1.11 bits per heavy atom. The summed E-state index contributed by atoms with van der Waals surface area (Å²) in [4.78, 5) is 17.8. The highest BCUT2D eigenvalue weighted by Gasteiger charge is 2.24. The molecule has 0 radical (unpaired) electrons. The zero-order valence-corrected chi connectivity index (χ0v) is 18.7. The average Bonchev–Trinajstić information content (AvgIpc) is 2.97. The van der Waals surface area contributed by atoms with E-state index in [1.165, 1.54) is 23.9 Å². The van der Waals surface area contributed by atoms with Crippen molar-refractivity contribution in [1.29, 1.82) is 0 Å². The standard InChI is InChI=1S/C21H27N3O2S2/c1-13-7-6-8-17(14(13)2)23-9-11-24(12-10-23)21(27)22-19-18(20(25)26-5)15(3)16(4)28-19/h6-8H,9-12H2,1-5H3,(H,22,27). The van der Waals surface area contributed by atoms with Gasteiger partial charge in [-0.15, -0.1) is 11.3 Å². The van der Waals surface area contributed by atoms with Crippen LogP contribution in [0.1, 0.15) is 31.9 Å². The van der Waals surface area contributed by atoms with Crippen LogP contribution in [0.4, 0.5) is 10.7 Å². The molecule has 2 heterocycles. The molecule has 0 amide bonds. The predicted octanol–water partition coefficient (Wildman–Crippen LogP) is 4.29. The Labute approximate surface area is 176 Å². The summed E-state index contributed by atoms with van der Waals surface area (Å²) in [7, 11) is 1.41. The molecule has 1 aliphatic heterocycles. The number of hydrogen-bond donors (Lipinski definition) is 1. The van der Waals surface area contributed by atoms with Crippen molar-refractivity contribution in [2.45, 2.75) is 27.7 Å². The maximum Gasteiger partial charge on any atom is 0.341 e. The van der Waals surface area contributed by atoms with Crippen molar-refractivity contribution in [3.63, 3.8) is 0 Å². The summed E-state index contributed by atoms with van der Waals surface area (Å²) < 4.78 is 4.95. The largest absolute Gasteiger partial charge is 0.465 e. The molecule has 1 aromatic heterocycles. The highest BCUT2D eigenvalue weighted by Crippen LogP contribution is 2.33. The Morgan fingerprint density at radius 2 is 1.79 bits per heavy atom. The Kier molecular flexibility index (Phi) is 6.25. The topological polar surface area (TPSA) is 44.8 Å². The molecule has 1 aromatic carbocycles. The van der Waals surface area contributed by atoms with Crippen LogP contribution in [0, 0.1) is 27.7 Å². The lowest BCUT2D eigenvalue weighted by Crippen LogP contribution is -2.50. The summed E-state index contributed by atoms with van der Waals surface area (Å²) in [6, 6.07) is 6.46. The van der Waals surface area contributed by atoms with E-state index >= 15 is 0 Å². The van der Waals surface area contributed by atoms with E-state index < -0.39 is 0 Å². The molecule has 0 saturated carbocycles. The van der Waals surface area contributed by atoms with Gasteiger partial charge in [0.1, 0.15) is 5.00 Å². The molecule has 0 aliphatic carbocycles. The van der Waals surface area contributed by atoms with Crippen molar-refractivity contribution in [3.05, 3.63) is 45.3 Å². The third-order valence-corrected chi connectivity index (χ3v) is 6.96. The van der Waals surface area contributed by atoms with Crippen LogP contribution in [0.15, 0.2) is 18.2 Å². The summed E-state index contributed by atoms with van der Waals surface area (Å²) in [5.74, 6) is -0.327. The SMILES string of the molecule is COC(=O)c1c(NC(=S)N2CCN(c3cccc(C)c3C)CC2)sc(C)c1C. The lowest BCUT2D eigenvalue weighted by molar-refractivity contribution is 0.0601. The van der Waals surface area contributed by atoms with Gasteiger partial charge in [-0.1, -0.05) is 12.1 Å². The molecule has 5 nitrogen and oxygen atoms in total. The van der Waals surface area contributed by atoms with Crippen molar-refractivity contribution in [2.75, 3.05) is 43.5 Å². The van der Waals surface area contributed by atoms with Gasteiger partial charge in [0.25, 0.3) is 0 Å². The third kappa shape index (κ3) is 4.00. The molecule has 1 saturated heterocycles. The molecule has 1 fully saturated rings. The van der Waals surface area contributed by atoms with Crippen LogP contribution >= 0.6 is 23.6 Å². The van der Waals surface area contributed by atoms with E-state index in [1.807, 2.05) is 13.8 Å². The van der Waals surface area contributed by atoms with E-state index in [4.69, 9.17) is 17.0 Å². The van der Waals surface area contributed by atoms with Gasteiger partial charge < -0.3 is 19.9 Å². The van der Waals surface area contributed by atoms with E-state index in [1.54, 1.807) is 11.3 Å². The summed E-state index contributed by atoms with van der Waals surface area (Å²) >= 11 is 7.19. The Bertz CT molecular complexity index is 899. The number of hydrogen-bond acceptors (Lipinski definition) is 5. The number of carbonyl (C=O) groups excluding carboxylic acids is 1. The fourth-order valence-electron chi connectivity index (χ4n) is 3.47. The van der Waals surface area contributed by atoms with E-state index in [0.29, 0.717) is 10.7 Å². The molecule has 3 rings (SSSR count). The van der Waals surface area contributed by atoms with E-state index in [-0.39, 0.29) is 5.97 Å². The Balaban J connectivity index is 1.67. The molecule has 0 atom stereocenters. The number of thiocarbonyl (C=S) groups is 1. The number of ether oxygens (including phenoxy) is 1. The van der Waals surface area contributed by atoms with Gasteiger partial charge in [-0.05, 0) is 62.7 Å². The first-order valence-corrected chi connectivity index (χ1v) is 10.6. The number of thiophene rings is 1. The molecule has 150 valence electrons. The van der Waals surface area contributed by atoms with Gasteiger partial charge in [0.05, 0.1) is 12.7 Å². The van der Waals surface area contributed by atoms with Gasteiger partial charge in [-0.2, -0.15) is 0 Å². The van der Waals surface area contributed by atoms with Crippen LogP contribution < -0.4 is 10.2 Å². The highest BCUT2D eigenvalue weighted by molar-refractivity contribution is 7.80. The number of piperazine rings is 1. The number of anilines is 2. The van der Waals surface area contributed by atoms with Gasteiger partial charge in [0.2, 0.25) is 0 Å². The Hall–Kier alpha value is -2.12. The highest BCUT2D eigenvalue weighted by atomic mass is 32.1. The first-order valence-electron chi connectivity index (χ1n) is 9.39. The molecule has 28 heavy (non-hydrogen) atoms. The lowest BCUT2D eigenvalue weighted by atomic mass is 10.1. The van der Waals surface area contributed by atoms with Gasteiger partial charge in [0, 0.05) is 36.7 Å². The average molecular weight is 418 g/mol. The van der Waals surface area contributed by atoms with Gasteiger partial charge in [0.15, 0.2) is 5.11 Å². The number of carbonyl (C=O) groups is 1. The smallest absolute Gasteiger partial charge is 0.341 e. The fraction of sp³-hybridized carbons (Fsp3) is 0.429. The summed E-state index contributed by atoms with van der Waals surface area (Å²) in [5, 5.41) is 4.72. The summed E-state index contributed by atoms with van der Waals surface area (Å²) in [6.07, 6.45) is 0.